The van der Waals surface area contributed by atoms with E-state index in [1.165, 1.54) is 0 Å². The summed E-state index contributed by atoms with van der Waals surface area (Å²) < 4.78 is 10.3. The molecule has 1 N–H and O–H groups in total. The van der Waals surface area contributed by atoms with Crippen LogP contribution in [0.3, 0.4) is 0 Å². The number of morpholine rings is 1. The number of carbonyl (C=O) groups is 2. The molecule has 0 bridgehead atoms. The molecular weight excluding hydrogens is 236 g/mol. The van der Waals surface area contributed by atoms with Crippen molar-refractivity contribution >= 4 is 12.0 Å². The third-order valence-electron chi connectivity index (χ3n) is 2.43. The van der Waals surface area contributed by atoms with Gasteiger partial charge in [0.2, 0.25) is 5.91 Å². The van der Waals surface area contributed by atoms with Crippen LogP contribution in [0.1, 0.15) is 27.7 Å². The van der Waals surface area contributed by atoms with Crippen LogP contribution in [0, 0.1) is 0 Å². The van der Waals surface area contributed by atoms with E-state index < -0.39 is 17.7 Å². The van der Waals surface area contributed by atoms with Crippen LogP contribution in [-0.4, -0.2) is 54.8 Å². The minimum absolute atomic E-state index is 0.107. The minimum Gasteiger partial charge on any atom is -0.444 e. The lowest BCUT2D eigenvalue weighted by Crippen LogP contribution is -2.51. The zero-order valence-corrected chi connectivity index (χ0v) is 11.5. The highest BCUT2D eigenvalue weighted by Gasteiger charge is 2.25. The van der Waals surface area contributed by atoms with Gasteiger partial charge in [0.1, 0.15) is 11.6 Å². The van der Waals surface area contributed by atoms with E-state index in [0.717, 1.165) is 0 Å². The Kier molecular flexibility index (Phi) is 4.95. The van der Waals surface area contributed by atoms with Crippen LogP contribution in [0.25, 0.3) is 0 Å². The largest absolute Gasteiger partial charge is 0.444 e. The van der Waals surface area contributed by atoms with Crippen molar-refractivity contribution < 1.29 is 19.1 Å². The zero-order valence-electron chi connectivity index (χ0n) is 11.5. The standard InChI is InChI=1S/C12H22N2O4/c1-9(13-11(16)18-12(2,3)4)10(15)14-5-7-17-8-6-14/h9H,5-8H2,1-4H3,(H,13,16)/t9-/m1/s1. The molecule has 1 aliphatic heterocycles. The van der Waals surface area contributed by atoms with E-state index in [1.807, 2.05) is 0 Å². The van der Waals surface area contributed by atoms with Gasteiger partial charge in [0.25, 0.3) is 0 Å². The molecule has 1 saturated heterocycles. The van der Waals surface area contributed by atoms with Crippen molar-refractivity contribution in [2.75, 3.05) is 26.3 Å². The van der Waals surface area contributed by atoms with Gasteiger partial charge in [-0.15, -0.1) is 0 Å². The molecule has 1 aliphatic rings. The Morgan fingerprint density at radius 2 is 1.83 bits per heavy atom. The van der Waals surface area contributed by atoms with Gasteiger partial charge in [-0.1, -0.05) is 0 Å². The van der Waals surface area contributed by atoms with E-state index in [-0.39, 0.29) is 5.91 Å². The zero-order chi connectivity index (χ0) is 13.8. The highest BCUT2D eigenvalue weighted by Crippen LogP contribution is 2.07. The second-order valence-corrected chi connectivity index (χ2v) is 5.31. The average molecular weight is 258 g/mol. The number of rotatable bonds is 2. The molecule has 0 aromatic rings. The molecule has 2 amide bonds. The summed E-state index contributed by atoms with van der Waals surface area (Å²) in [6.45, 7) is 9.22. The van der Waals surface area contributed by atoms with E-state index in [4.69, 9.17) is 9.47 Å². The summed E-state index contributed by atoms with van der Waals surface area (Å²) in [7, 11) is 0. The van der Waals surface area contributed by atoms with Crippen LogP contribution in [0.15, 0.2) is 0 Å². The maximum Gasteiger partial charge on any atom is 0.408 e. The summed E-state index contributed by atoms with van der Waals surface area (Å²) in [6, 6.07) is -0.585. The molecule has 0 radical (unpaired) electrons. The predicted molar refractivity (Wildman–Crippen MR) is 66.2 cm³/mol. The van der Waals surface area contributed by atoms with Crippen LogP contribution >= 0.6 is 0 Å². The number of hydrogen-bond acceptors (Lipinski definition) is 4. The summed E-state index contributed by atoms with van der Waals surface area (Å²) in [6.07, 6.45) is -0.573. The SMILES string of the molecule is C[C@@H](NC(=O)OC(C)(C)C)C(=O)N1CCOCC1. The minimum atomic E-state index is -0.585. The van der Waals surface area contributed by atoms with Crippen molar-refractivity contribution in [1.82, 2.24) is 10.2 Å². The molecule has 1 fully saturated rings. The smallest absolute Gasteiger partial charge is 0.408 e. The van der Waals surface area contributed by atoms with Crippen LogP contribution in [0.5, 0.6) is 0 Å². The van der Waals surface area contributed by atoms with E-state index in [9.17, 15) is 9.59 Å². The van der Waals surface area contributed by atoms with Gasteiger partial charge < -0.3 is 19.7 Å². The van der Waals surface area contributed by atoms with Gasteiger partial charge in [-0.3, -0.25) is 4.79 Å². The monoisotopic (exact) mass is 258 g/mol. The number of hydrogen-bond donors (Lipinski definition) is 1. The summed E-state index contributed by atoms with van der Waals surface area (Å²) in [4.78, 5) is 25.2. The normalized spacial score (nSPS) is 18.1. The Balaban J connectivity index is 2.41. The number of nitrogens with zero attached hydrogens (tertiary/aromatic N) is 1. The van der Waals surface area contributed by atoms with Crippen molar-refractivity contribution in [2.24, 2.45) is 0 Å². The molecule has 0 aromatic carbocycles. The second-order valence-electron chi connectivity index (χ2n) is 5.31. The number of amides is 2. The summed E-state index contributed by atoms with van der Waals surface area (Å²) in [5.41, 5.74) is -0.564. The molecule has 1 heterocycles. The van der Waals surface area contributed by atoms with Gasteiger partial charge in [-0.2, -0.15) is 0 Å². The lowest BCUT2D eigenvalue weighted by atomic mass is 10.2. The Hall–Kier alpha value is -1.30. The first-order valence-electron chi connectivity index (χ1n) is 6.15. The number of carbonyl (C=O) groups excluding carboxylic acids is 2. The quantitative estimate of drug-likeness (QED) is 0.794. The Labute approximate surface area is 108 Å². The molecule has 18 heavy (non-hydrogen) atoms. The Morgan fingerprint density at radius 1 is 1.28 bits per heavy atom. The molecule has 1 rings (SSSR count). The van der Waals surface area contributed by atoms with Crippen LogP contribution in [-0.2, 0) is 14.3 Å². The first kappa shape index (κ1) is 14.8. The van der Waals surface area contributed by atoms with Crippen molar-refractivity contribution in [3.05, 3.63) is 0 Å². The third kappa shape index (κ3) is 4.91. The number of alkyl carbamates (subject to hydrolysis) is 1. The number of ether oxygens (including phenoxy) is 2. The van der Waals surface area contributed by atoms with Crippen LogP contribution < -0.4 is 5.32 Å². The molecule has 1 atom stereocenters. The van der Waals surface area contributed by atoms with Crippen molar-refractivity contribution in [2.45, 2.75) is 39.3 Å². The first-order chi connectivity index (χ1) is 8.29. The topological polar surface area (TPSA) is 67.9 Å². The fourth-order valence-electron chi connectivity index (χ4n) is 1.60. The van der Waals surface area contributed by atoms with Crippen molar-refractivity contribution in [1.29, 1.82) is 0 Å². The van der Waals surface area contributed by atoms with Crippen LogP contribution in [0.2, 0.25) is 0 Å². The van der Waals surface area contributed by atoms with E-state index in [1.54, 1.807) is 32.6 Å². The van der Waals surface area contributed by atoms with Gasteiger partial charge >= 0.3 is 6.09 Å². The van der Waals surface area contributed by atoms with Gasteiger partial charge in [0, 0.05) is 13.1 Å². The van der Waals surface area contributed by atoms with Gasteiger partial charge in [-0.05, 0) is 27.7 Å². The molecule has 0 spiro atoms. The highest BCUT2D eigenvalue weighted by atomic mass is 16.6. The molecule has 6 nitrogen and oxygen atoms in total. The molecule has 0 unspecified atom stereocenters. The fraction of sp³-hybridized carbons (Fsp3) is 0.833. The molecule has 104 valence electrons. The van der Waals surface area contributed by atoms with E-state index in [2.05, 4.69) is 5.32 Å². The molecule has 0 aromatic heterocycles. The van der Waals surface area contributed by atoms with E-state index in [0.29, 0.717) is 26.3 Å². The second kappa shape index (κ2) is 6.04. The van der Waals surface area contributed by atoms with Gasteiger partial charge in [0.05, 0.1) is 13.2 Å². The van der Waals surface area contributed by atoms with Crippen molar-refractivity contribution in [3.63, 3.8) is 0 Å². The van der Waals surface area contributed by atoms with E-state index >= 15 is 0 Å². The maximum atomic E-state index is 12.0. The third-order valence-corrected chi connectivity index (χ3v) is 2.43. The Bertz CT molecular complexity index is 306. The number of nitrogens with one attached hydrogen (secondary N) is 1. The average Bonchev–Trinajstić information content (AvgIpc) is 2.26. The van der Waals surface area contributed by atoms with Crippen molar-refractivity contribution in [3.8, 4) is 0 Å². The summed E-state index contributed by atoms with van der Waals surface area (Å²) in [5, 5.41) is 2.54. The lowest BCUT2D eigenvalue weighted by Gasteiger charge is -2.29. The molecular formula is C12H22N2O4. The Morgan fingerprint density at radius 3 is 2.33 bits per heavy atom. The molecule has 0 saturated carbocycles. The fourth-order valence-corrected chi connectivity index (χ4v) is 1.60. The maximum absolute atomic E-state index is 12.0. The first-order valence-corrected chi connectivity index (χ1v) is 6.15. The summed E-state index contributed by atoms with van der Waals surface area (Å²) >= 11 is 0. The van der Waals surface area contributed by atoms with Gasteiger partial charge in [-0.25, -0.2) is 4.79 Å². The molecule has 0 aliphatic carbocycles. The van der Waals surface area contributed by atoms with Crippen LogP contribution in [0.4, 0.5) is 4.79 Å². The molecule has 6 heteroatoms. The lowest BCUT2D eigenvalue weighted by molar-refractivity contribution is -0.137. The highest BCUT2D eigenvalue weighted by molar-refractivity contribution is 5.85. The predicted octanol–water partition coefficient (Wildman–Crippen LogP) is 0.758. The summed E-state index contributed by atoms with van der Waals surface area (Å²) in [5.74, 6) is -0.107. The van der Waals surface area contributed by atoms with Gasteiger partial charge in [0.15, 0.2) is 0 Å².